The van der Waals surface area contributed by atoms with Crippen LogP contribution in [-0.4, -0.2) is 22.6 Å². The molecule has 0 aliphatic rings. The number of aryl methyl sites for hydroxylation is 1. The standard InChI is InChI=1S/C47H45N2OSi.C11H8N.Ir/c1-29(2)39-26-35(33-19-22-36(23-20-33)51(6,7)8)27-40(30(3)4)45(39)49-42-17-13-12-16-41(42)48-47(49)38-24-18-31(5)44-37-25-21-34(28-43(37)50-46(38)44)32-14-10-9-11-15-32;1-2-6-10(7-3-1)11-8-4-5-9-12-11;/h9-23,25-30H,1-8H3;1-6,8-9H;/q2*-1;. The summed E-state index contributed by atoms with van der Waals surface area (Å²) in [6, 6.07) is 62.3. The van der Waals surface area contributed by atoms with Gasteiger partial charge in [-0.15, -0.1) is 53.6 Å². The van der Waals surface area contributed by atoms with Gasteiger partial charge in [-0.3, -0.25) is 4.98 Å². The van der Waals surface area contributed by atoms with E-state index in [0.29, 0.717) is 0 Å². The molecule has 0 N–H and O–H groups in total. The predicted octanol–water partition coefficient (Wildman–Crippen LogP) is 15.4. The summed E-state index contributed by atoms with van der Waals surface area (Å²) in [4.78, 5) is 9.58. The number of para-hydroxylation sites is 2. The van der Waals surface area contributed by atoms with Crippen molar-refractivity contribution in [3.8, 4) is 50.6 Å². The maximum absolute atomic E-state index is 6.85. The van der Waals surface area contributed by atoms with Crippen molar-refractivity contribution in [2.24, 2.45) is 0 Å². The van der Waals surface area contributed by atoms with Gasteiger partial charge in [-0.25, -0.2) is 0 Å². The Hall–Kier alpha value is -6.17. The second-order valence-corrected chi connectivity index (χ2v) is 23.2. The third-order valence-electron chi connectivity index (χ3n) is 12.0. The summed E-state index contributed by atoms with van der Waals surface area (Å²) in [7, 11) is -1.40. The number of rotatable bonds is 8. The zero-order chi connectivity index (χ0) is 43.8. The van der Waals surface area contributed by atoms with Gasteiger partial charge in [-0.2, -0.15) is 0 Å². The van der Waals surface area contributed by atoms with E-state index in [-0.39, 0.29) is 31.9 Å². The number of furan rings is 1. The number of pyridine rings is 1. The summed E-state index contributed by atoms with van der Waals surface area (Å²) >= 11 is 0. The minimum absolute atomic E-state index is 0. The van der Waals surface area contributed by atoms with Crippen LogP contribution >= 0.6 is 0 Å². The van der Waals surface area contributed by atoms with Gasteiger partial charge < -0.3 is 14.0 Å². The first-order chi connectivity index (χ1) is 30.5. The number of hydrogen-bond donors (Lipinski definition) is 0. The van der Waals surface area contributed by atoms with Gasteiger partial charge in [0.25, 0.3) is 0 Å². The van der Waals surface area contributed by atoms with Crippen LogP contribution < -0.4 is 5.19 Å². The van der Waals surface area contributed by atoms with Gasteiger partial charge >= 0.3 is 0 Å². The second-order valence-electron chi connectivity index (χ2n) is 18.1. The number of aromatic nitrogens is 3. The monoisotopic (exact) mass is 1030 g/mol. The molecule has 0 spiro atoms. The van der Waals surface area contributed by atoms with Gasteiger partial charge in [-0.1, -0.05) is 161 Å². The van der Waals surface area contributed by atoms with Crippen molar-refractivity contribution in [1.29, 1.82) is 0 Å². The topological polar surface area (TPSA) is 43.9 Å². The van der Waals surface area contributed by atoms with Crippen LogP contribution in [-0.2, 0) is 20.1 Å². The molecule has 0 saturated heterocycles. The van der Waals surface area contributed by atoms with Crippen LogP contribution in [0.4, 0.5) is 0 Å². The van der Waals surface area contributed by atoms with Crippen molar-refractivity contribution in [3.63, 3.8) is 0 Å². The maximum Gasteiger partial charge on any atom is 0.121 e. The van der Waals surface area contributed by atoms with Crippen molar-refractivity contribution in [1.82, 2.24) is 14.5 Å². The maximum atomic E-state index is 6.85. The SMILES string of the molecule is Cc1c[c-]c(-c2nc3ccccc3n2-c2c(C(C)C)cc(-c3ccc([Si](C)(C)C)cc3)cc2C(C)C)c2oc3cc(-c4ccccc4)ccc3c12.[Ir].[c-]1ccccc1-c1ccccn1. The fourth-order valence-electron chi connectivity index (χ4n) is 8.60. The number of nitrogens with zero attached hydrogens (tertiary/aromatic N) is 3. The quantitative estimate of drug-likeness (QED) is 0.113. The summed E-state index contributed by atoms with van der Waals surface area (Å²) in [5.74, 6) is 1.40. The predicted molar refractivity (Wildman–Crippen MR) is 268 cm³/mol. The summed E-state index contributed by atoms with van der Waals surface area (Å²) in [5, 5.41) is 3.70. The van der Waals surface area contributed by atoms with Crippen LogP contribution in [0.15, 0.2) is 168 Å². The van der Waals surface area contributed by atoms with Crippen LogP contribution in [0.2, 0.25) is 19.6 Å². The molecule has 7 aromatic carbocycles. The fourth-order valence-corrected chi connectivity index (χ4v) is 9.77. The zero-order valence-corrected chi connectivity index (χ0v) is 41.2. The van der Waals surface area contributed by atoms with E-state index in [1.54, 1.807) is 6.20 Å². The Kier molecular flexibility index (Phi) is 12.8. The molecule has 10 aromatic rings. The van der Waals surface area contributed by atoms with Gasteiger partial charge in [-0.05, 0) is 87.3 Å². The molecule has 0 aliphatic heterocycles. The minimum atomic E-state index is -1.40. The van der Waals surface area contributed by atoms with Gasteiger partial charge in [0, 0.05) is 37.4 Å². The Bertz CT molecular complexity index is 3130. The molecule has 321 valence electrons. The summed E-state index contributed by atoms with van der Waals surface area (Å²) < 4.78 is 9.24. The smallest absolute Gasteiger partial charge is 0.121 e. The van der Waals surface area contributed by atoms with Crippen molar-refractivity contribution >= 4 is 46.2 Å². The normalized spacial score (nSPS) is 11.6. The Labute approximate surface area is 392 Å². The number of hydrogen-bond acceptors (Lipinski definition) is 3. The van der Waals surface area contributed by atoms with Gasteiger partial charge in [0.2, 0.25) is 0 Å². The average Bonchev–Trinajstić information content (AvgIpc) is 3.89. The minimum Gasteiger partial charge on any atom is -0.501 e. The van der Waals surface area contributed by atoms with E-state index in [1.165, 1.54) is 38.7 Å². The van der Waals surface area contributed by atoms with E-state index in [4.69, 9.17) is 9.40 Å². The first kappa shape index (κ1) is 44.4. The van der Waals surface area contributed by atoms with Gasteiger partial charge in [0.05, 0.1) is 30.5 Å². The molecule has 0 amide bonds. The Morgan fingerprint density at radius 3 is 1.95 bits per heavy atom. The van der Waals surface area contributed by atoms with Crippen molar-refractivity contribution < 1.29 is 24.5 Å². The molecule has 4 nitrogen and oxygen atoms in total. The molecule has 0 saturated carbocycles. The van der Waals surface area contributed by atoms with Crippen molar-refractivity contribution in [2.45, 2.75) is 66.1 Å². The van der Waals surface area contributed by atoms with Gasteiger partial charge in [0.15, 0.2) is 0 Å². The van der Waals surface area contributed by atoms with E-state index >= 15 is 0 Å². The Balaban J connectivity index is 0.000000372. The average molecular weight is 1030 g/mol. The molecular weight excluding hydrogens is 975 g/mol. The molecular formula is C58H53IrN3OSi-2. The fraction of sp³-hybridized carbons (Fsp3) is 0.172. The van der Waals surface area contributed by atoms with Crippen LogP contribution in [0.1, 0.15) is 56.2 Å². The first-order valence-corrected chi connectivity index (χ1v) is 25.5. The van der Waals surface area contributed by atoms with Crippen LogP contribution in [0.25, 0.3) is 83.6 Å². The third kappa shape index (κ3) is 8.71. The molecule has 64 heavy (non-hydrogen) atoms. The molecule has 3 aromatic heterocycles. The molecule has 6 heteroatoms. The Morgan fingerprint density at radius 2 is 1.30 bits per heavy atom. The molecule has 0 fully saturated rings. The number of fused-ring (bicyclic) bond motifs is 4. The summed E-state index contributed by atoms with van der Waals surface area (Å²) in [6.07, 6.45) is 1.79. The van der Waals surface area contributed by atoms with Crippen LogP contribution in [0, 0.1) is 19.1 Å². The van der Waals surface area contributed by atoms with E-state index in [0.717, 1.165) is 66.7 Å². The van der Waals surface area contributed by atoms with Gasteiger partial charge in [0.1, 0.15) is 5.58 Å². The molecule has 0 aliphatic carbocycles. The zero-order valence-electron chi connectivity index (χ0n) is 37.8. The Morgan fingerprint density at radius 1 is 0.641 bits per heavy atom. The first-order valence-electron chi connectivity index (χ1n) is 22.0. The van der Waals surface area contributed by atoms with Crippen LogP contribution in [0.3, 0.4) is 0 Å². The third-order valence-corrected chi connectivity index (χ3v) is 14.1. The number of imidazole rings is 1. The van der Waals surface area contributed by atoms with E-state index < -0.39 is 8.07 Å². The molecule has 3 heterocycles. The molecule has 0 bridgehead atoms. The number of benzene rings is 7. The van der Waals surface area contributed by atoms with Crippen molar-refractivity contribution in [2.75, 3.05) is 0 Å². The molecule has 0 atom stereocenters. The molecule has 1 radical (unpaired) electrons. The summed E-state index contributed by atoms with van der Waals surface area (Å²) in [6.45, 7) is 18.6. The second kappa shape index (κ2) is 18.5. The van der Waals surface area contributed by atoms with Crippen LogP contribution in [0.5, 0.6) is 0 Å². The van der Waals surface area contributed by atoms with E-state index in [9.17, 15) is 0 Å². The van der Waals surface area contributed by atoms with E-state index in [2.05, 4.69) is 191 Å². The van der Waals surface area contributed by atoms with E-state index in [1.807, 2.05) is 42.5 Å². The van der Waals surface area contributed by atoms with Crippen molar-refractivity contribution in [3.05, 3.63) is 193 Å². The molecule has 10 rings (SSSR count). The summed E-state index contributed by atoms with van der Waals surface area (Å²) in [5.41, 5.74) is 16.4. The largest absolute Gasteiger partial charge is 0.501 e. The molecule has 0 unspecified atom stereocenters.